The second-order valence-electron chi connectivity index (χ2n) is 7.79. The third-order valence-corrected chi connectivity index (χ3v) is 6.89. The van der Waals surface area contributed by atoms with Crippen LogP contribution in [0.1, 0.15) is 18.4 Å². The van der Waals surface area contributed by atoms with Crippen LogP contribution in [0.4, 0.5) is 15.9 Å². The van der Waals surface area contributed by atoms with Gasteiger partial charge in [0.2, 0.25) is 0 Å². The number of rotatable bonds is 5. The van der Waals surface area contributed by atoms with Crippen molar-refractivity contribution in [3.63, 3.8) is 0 Å². The maximum atomic E-state index is 13.5. The van der Waals surface area contributed by atoms with Crippen molar-refractivity contribution < 1.29 is 4.39 Å². The van der Waals surface area contributed by atoms with Crippen LogP contribution in [0.3, 0.4) is 0 Å². The number of fused-ring (bicyclic) bond motifs is 1. The van der Waals surface area contributed by atoms with E-state index in [0.29, 0.717) is 10.6 Å². The molecule has 4 aromatic rings. The van der Waals surface area contributed by atoms with Gasteiger partial charge in [-0.3, -0.25) is 4.98 Å². The average Bonchev–Trinajstić information content (AvgIpc) is 3.39. The van der Waals surface area contributed by atoms with Gasteiger partial charge in [-0.15, -0.1) is 5.10 Å². The molecule has 6 nitrogen and oxygen atoms in total. The molecule has 8 heteroatoms. The molecule has 0 radical (unpaired) electrons. The van der Waals surface area contributed by atoms with Crippen molar-refractivity contribution in [1.29, 1.82) is 0 Å². The minimum atomic E-state index is -0.336. The number of nitrogens with zero attached hydrogens (tertiary/aromatic N) is 6. The quantitative estimate of drug-likeness (QED) is 0.209. The van der Waals surface area contributed by atoms with E-state index in [1.165, 1.54) is 30.8 Å². The third kappa shape index (κ3) is 4.08. The zero-order chi connectivity index (χ0) is 21.4. The van der Waals surface area contributed by atoms with Gasteiger partial charge in [0.15, 0.2) is 5.65 Å². The number of hydrogen-bond donors (Lipinski definition) is 0. The van der Waals surface area contributed by atoms with E-state index in [-0.39, 0.29) is 5.82 Å². The monoisotopic (exact) mass is 528 g/mol. The summed E-state index contributed by atoms with van der Waals surface area (Å²) in [5.74, 6) is 0.440. The van der Waals surface area contributed by atoms with E-state index in [0.717, 1.165) is 34.8 Å². The van der Waals surface area contributed by atoms with Gasteiger partial charge >= 0.3 is 0 Å². The van der Waals surface area contributed by atoms with Crippen LogP contribution in [0.25, 0.3) is 16.9 Å². The second-order valence-corrected chi connectivity index (χ2v) is 9.23. The van der Waals surface area contributed by atoms with Gasteiger partial charge in [0, 0.05) is 37.6 Å². The van der Waals surface area contributed by atoms with Crippen LogP contribution in [-0.4, -0.2) is 37.2 Å². The average molecular weight is 528 g/mol. The molecule has 0 N–H and O–H groups in total. The molecule has 5 rings (SSSR count). The second kappa shape index (κ2) is 8.41. The van der Waals surface area contributed by atoms with Crippen LogP contribution < -0.4 is 9.80 Å². The fraction of sp³-hybridized carbons (Fsp3) is 0.261. The summed E-state index contributed by atoms with van der Waals surface area (Å²) < 4.78 is 15.9. The van der Waals surface area contributed by atoms with Crippen LogP contribution in [0, 0.1) is 5.82 Å². The van der Waals surface area contributed by atoms with E-state index in [1.807, 2.05) is 34.8 Å². The number of benzene rings is 1. The molecule has 1 unspecified atom stereocenters. The van der Waals surface area contributed by atoms with E-state index in [2.05, 4.69) is 61.7 Å². The van der Waals surface area contributed by atoms with Crippen molar-refractivity contribution in [3.8, 4) is 11.3 Å². The fourth-order valence-corrected chi connectivity index (χ4v) is 5.04. The molecular weight excluding hydrogens is 506 g/mol. The van der Waals surface area contributed by atoms with Gasteiger partial charge in [0.05, 0.1) is 22.1 Å². The minimum Gasteiger partial charge on any atom is -0.360 e. The number of hydrogen-bond acceptors (Lipinski definition) is 5. The van der Waals surface area contributed by atoms with Crippen LogP contribution >= 0.6 is 22.6 Å². The first kappa shape index (κ1) is 20.2. The van der Waals surface area contributed by atoms with Crippen molar-refractivity contribution in [3.05, 3.63) is 72.4 Å². The number of alkyl halides is 1. The highest BCUT2D eigenvalue weighted by Gasteiger charge is 2.22. The van der Waals surface area contributed by atoms with Crippen molar-refractivity contribution in [2.24, 2.45) is 0 Å². The molecule has 0 saturated carbocycles. The first-order valence-corrected chi connectivity index (χ1v) is 11.5. The Kier molecular flexibility index (Phi) is 5.47. The molecule has 0 amide bonds. The summed E-state index contributed by atoms with van der Waals surface area (Å²) in [6, 6.07) is 14.0. The number of imidazole rings is 1. The predicted molar refractivity (Wildman–Crippen MR) is 129 cm³/mol. The lowest BCUT2D eigenvalue weighted by molar-refractivity contribution is 0.618. The maximum absolute atomic E-state index is 13.5. The maximum Gasteiger partial charge on any atom is 0.154 e. The van der Waals surface area contributed by atoms with Crippen LogP contribution in [0.5, 0.6) is 0 Å². The zero-order valence-corrected chi connectivity index (χ0v) is 19.3. The molecule has 1 aromatic carbocycles. The Morgan fingerprint density at radius 3 is 2.71 bits per heavy atom. The molecule has 1 aliphatic heterocycles. The van der Waals surface area contributed by atoms with E-state index in [1.54, 1.807) is 6.20 Å². The van der Waals surface area contributed by atoms with Crippen LogP contribution in [0.2, 0.25) is 0 Å². The third-order valence-electron chi connectivity index (χ3n) is 5.59. The molecular formula is C23H22FIN6. The van der Waals surface area contributed by atoms with Gasteiger partial charge in [-0.1, -0.05) is 34.7 Å². The van der Waals surface area contributed by atoms with E-state index >= 15 is 0 Å². The largest absolute Gasteiger partial charge is 0.360 e. The normalized spacial score (nSPS) is 16.2. The predicted octanol–water partition coefficient (Wildman–Crippen LogP) is 4.93. The fourth-order valence-electron chi connectivity index (χ4n) is 4.00. The SMILES string of the molecule is CN(Cc1cncc(F)c1)c1ccc2ncc(-c3ccc(N4CCCC4I)cc3)n2n1. The molecule has 158 valence electrons. The summed E-state index contributed by atoms with van der Waals surface area (Å²) in [7, 11) is 1.93. The van der Waals surface area contributed by atoms with Crippen LogP contribution in [0.15, 0.2) is 61.1 Å². The molecule has 31 heavy (non-hydrogen) atoms. The number of anilines is 2. The first-order valence-electron chi connectivity index (χ1n) is 10.2. The molecule has 0 bridgehead atoms. The molecule has 4 heterocycles. The van der Waals surface area contributed by atoms with Gasteiger partial charge in [-0.05, 0) is 48.7 Å². The lowest BCUT2D eigenvalue weighted by atomic mass is 10.1. The lowest BCUT2D eigenvalue weighted by Gasteiger charge is -2.22. The van der Waals surface area contributed by atoms with Gasteiger partial charge in [-0.25, -0.2) is 13.9 Å². The molecule has 1 fully saturated rings. The highest BCUT2D eigenvalue weighted by atomic mass is 127. The summed E-state index contributed by atoms with van der Waals surface area (Å²) in [5.41, 5.74) is 4.85. The smallest absolute Gasteiger partial charge is 0.154 e. The highest BCUT2D eigenvalue weighted by Crippen LogP contribution is 2.31. The van der Waals surface area contributed by atoms with Crippen molar-refractivity contribution in [1.82, 2.24) is 19.6 Å². The van der Waals surface area contributed by atoms with Crippen LogP contribution in [-0.2, 0) is 6.54 Å². The zero-order valence-electron chi connectivity index (χ0n) is 17.1. The Hall–Kier alpha value is -2.75. The van der Waals surface area contributed by atoms with Gasteiger partial charge in [0.1, 0.15) is 11.6 Å². The number of pyridine rings is 1. The molecule has 1 aliphatic rings. The molecule has 3 aromatic heterocycles. The Morgan fingerprint density at radius 1 is 1.13 bits per heavy atom. The van der Waals surface area contributed by atoms with Gasteiger partial charge < -0.3 is 9.80 Å². The van der Waals surface area contributed by atoms with E-state index in [9.17, 15) is 4.39 Å². The first-order chi connectivity index (χ1) is 15.1. The topological polar surface area (TPSA) is 49.6 Å². The highest BCUT2D eigenvalue weighted by molar-refractivity contribution is 14.1. The lowest BCUT2D eigenvalue weighted by Crippen LogP contribution is -2.23. The number of halogens is 2. The Balaban J connectivity index is 1.42. The van der Waals surface area contributed by atoms with Gasteiger partial charge in [-0.2, -0.15) is 0 Å². The molecule has 1 saturated heterocycles. The Morgan fingerprint density at radius 2 is 1.97 bits per heavy atom. The molecule has 1 atom stereocenters. The van der Waals surface area contributed by atoms with Crippen molar-refractivity contribution in [2.45, 2.75) is 23.4 Å². The van der Waals surface area contributed by atoms with Crippen molar-refractivity contribution >= 4 is 39.7 Å². The molecule has 0 aliphatic carbocycles. The Bertz CT molecular complexity index is 1210. The summed E-state index contributed by atoms with van der Waals surface area (Å²) in [6.07, 6.45) is 7.22. The Labute approximate surface area is 193 Å². The van der Waals surface area contributed by atoms with E-state index in [4.69, 9.17) is 5.10 Å². The summed E-state index contributed by atoms with van der Waals surface area (Å²) in [6.45, 7) is 1.62. The standard InChI is InChI=1S/C23H22FIN6/c1-29(15-16-11-18(24)13-26-12-16)23-9-8-22-27-14-20(31(22)28-23)17-4-6-19(7-5-17)30-10-2-3-21(30)25/h4-9,11-14,21H,2-3,10,15H2,1H3. The minimum absolute atomic E-state index is 0.336. The summed E-state index contributed by atoms with van der Waals surface area (Å²) in [5, 5.41) is 4.80. The molecule has 0 spiro atoms. The number of aromatic nitrogens is 4. The van der Waals surface area contributed by atoms with Crippen molar-refractivity contribution in [2.75, 3.05) is 23.4 Å². The van der Waals surface area contributed by atoms with Gasteiger partial charge in [0.25, 0.3) is 0 Å². The summed E-state index contributed by atoms with van der Waals surface area (Å²) in [4.78, 5) is 12.9. The summed E-state index contributed by atoms with van der Waals surface area (Å²) >= 11 is 2.52. The van der Waals surface area contributed by atoms with E-state index < -0.39 is 0 Å².